The molecule has 1 aromatic carbocycles. The van der Waals surface area contributed by atoms with Crippen LogP contribution in [0.1, 0.15) is 37.2 Å². The van der Waals surface area contributed by atoms with E-state index in [2.05, 4.69) is 12.0 Å². The zero-order chi connectivity index (χ0) is 13.0. The van der Waals surface area contributed by atoms with Crippen molar-refractivity contribution in [3.05, 3.63) is 48.3 Å². The molecule has 94 valence electrons. The lowest BCUT2D eigenvalue weighted by atomic mass is 9.99. The molecular formula is C15H18N2O. The van der Waals surface area contributed by atoms with Crippen LogP contribution in [0, 0.1) is 5.92 Å². The highest BCUT2D eigenvalue weighted by molar-refractivity contribution is 5.95. The highest BCUT2D eigenvalue weighted by Crippen LogP contribution is 2.14. The summed E-state index contributed by atoms with van der Waals surface area (Å²) < 4.78 is 1.74. The Kier molecular flexibility index (Phi) is 3.92. The van der Waals surface area contributed by atoms with Gasteiger partial charge in [-0.1, -0.05) is 38.5 Å². The Hall–Kier alpha value is -1.90. The van der Waals surface area contributed by atoms with Gasteiger partial charge in [0.2, 0.25) is 0 Å². The van der Waals surface area contributed by atoms with Crippen LogP contribution >= 0.6 is 0 Å². The molecule has 2 aromatic rings. The van der Waals surface area contributed by atoms with Gasteiger partial charge in [0.05, 0.1) is 5.69 Å². The molecule has 2 rings (SSSR count). The second kappa shape index (κ2) is 5.63. The first kappa shape index (κ1) is 12.6. The number of ketones is 1. The lowest BCUT2D eigenvalue weighted by molar-refractivity contribution is 0.0918. The number of nitrogens with zero attached hydrogens (tertiary/aromatic N) is 2. The minimum Gasteiger partial charge on any atom is -0.292 e. The lowest BCUT2D eigenvalue weighted by Gasteiger charge is -2.06. The van der Waals surface area contributed by atoms with Gasteiger partial charge < -0.3 is 0 Å². The quantitative estimate of drug-likeness (QED) is 0.752. The molecule has 1 aromatic heterocycles. The molecule has 0 saturated carbocycles. The monoisotopic (exact) mass is 242 g/mol. The summed E-state index contributed by atoms with van der Waals surface area (Å²) in [4.78, 5) is 12.1. The van der Waals surface area contributed by atoms with Gasteiger partial charge in [-0.15, -0.1) is 0 Å². The number of para-hydroxylation sites is 1. The van der Waals surface area contributed by atoms with Crippen molar-refractivity contribution in [1.82, 2.24) is 9.78 Å². The minimum atomic E-state index is 0.0501. The summed E-state index contributed by atoms with van der Waals surface area (Å²) in [7, 11) is 0. The smallest absolute Gasteiger partial charge is 0.185 e. The highest BCUT2D eigenvalue weighted by atomic mass is 16.1. The molecule has 1 heterocycles. The van der Waals surface area contributed by atoms with Crippen molar-refractivity contribution in [3.63, 3.8) is 0 Å². The summed E-state index contributed by atoms with van der Waals surface area (Å²) in [5.74, 6) is 0.181. The van der Waals surface area contributed by atoms with Crippen molar-refractivity contribution in [2.24, 2.45) is 5.92 Å². The van der Waals surface area contributed by atoms with Crippen LogP contribution < -0.4 is 0 Å². The van der Waals surface area contributed by atoms with Crippen LogP contribution in [-0.2, 0) is 0 Å². The molecule has 0 aliphatic rings. The third kappa shape index (κ3) is 2.67. The molecule has 0 aliphatic heterocycles. The van der Waals surface area contributed by atoms with E-state index in [0.29, 0.717) is 5.69 Å². The maximum absolute atomic E-state index is 12.1. The fourth-order valence-electron chi connectivity index (χ4n) is 2.00. The standard InChI is InChI=1S/C15H18N2O/c1-3-7-12(2)15(18)14-10-11-17(16-14)13-8-5-4-6-9-13/h4-6,8-12H,3,7H2,1-2H3. The number of Topliss-reactive ketones (excluding diaryl/α,β-unsaturated/α-hetero) is 1. The van der Waals surface area contributed by atoms with Gasteiger partial charge >= 0.3 is 0 Å². The van der Waals surface area contributed by atoms with E-state index >= 15 is 0 Å². The second-order valence-electron chi connectivity index (χ2n) is 4.54. The van der Waals surface area contributed by atoms with E-state index in [1.165, 1.54) is 0 Å². The van der Waals surface area contributed by atoms with Gasteiger partial charge in [0.1, 0.15) is 5.69 Å². The van der Waals surface area contributed by atoms with Crippen LogP contribution in [0.5, 0.6) is 0 Å². The van der Waals surface area contributed by atoms with Gasteiger partial charge in [0.15, 0.2) is 5.78 Å². The molecule has 0 N–H and O–H groups in total. The molecule has 0 saturated heterocycles. The summed E-state index contributed by atoms with van der Waals surface area (Å²) in [6.45, 7) is 4.06. The summed E-state index contributed by atoms with van der Waals surface area (Å²) in [6, 6.07) is 11.6. The van der Waals surface area contributed by atoms with E-state index in [-0.39, 0.29) is 11.7 Å². The third-order valence-corrected chi connectivity index (χ3v) is 3.03. The molecule has 0 amide bonds. The van der Waals surface area contributed by atoms with E-state index in [1.807, 2.05) is 43.5 Å². The Labute approximate surface area is 107 Å². The molecule has 0 spiro atoms. The summed E-state index contributed by atoms with van der Waals surface area (Å²) in [5.41, 5.74) is 1.53. The van der Waals surface area contributed by atoms with Crippen molar-refractivity contribution in [3.8, 4) is 5.69 Å². The van der Waals surface area contributed by atoms with Gasteiger partial charge in [0.25, 0.3) is 0 Å². The van der Waals surface area contributed by atoms with Crippen LogP contribution in [0.15, 0.2) is 42.6 Å². The Morgan fingerprint density at radius 2 is 2.00 bits per heavy atom. The number of hydrogen-bond acceptors (Lipinski definition) is 2. The Morgan fingerprint density at radius 1 is 1.28 bits per heavy atom. The van der Waals surface area contributed by atoms with Crippen molar-refractivity contribution in [1.29, 1.82) is 0 Å². The topological polar surface area (TPSA) is 34.9 Å². The largest absolute Gasteiger partial charge is 0.292 e. The van der Waals surface area contributed by atoms with Crippen LogP contribution in [0.2, 0.25) is 0 Å². The first-order valence-electron chi connectivity index (χ1n) is 6.37. The predicted molar refractivity (Wildman–Crippen MR) is 72.0 cm³/mol. The molecule has 0 radical (unpaired) electrons. The lowest BCUT2D eigenvalue weighted by Crippen LogP contribution is -2.12. The average Bonchev–Trinajstić information content (AvgIpc) is 2.89. The third-order valence-electron chi connectivity index (χ3n) is 3.03. The highest BCUT2D eigenvalue weighted by Gasteiger charge is 2.16. The van der Waals surface area contributed by atoms with E-state index in [1.54, 1.807) is 10.7 Å². The zero-order valence-electron chi connectivity index (χ0n) is 10.8. The molecule has 0 fully saturated rings. The average molecular weight is 242 g/mol. The van der Waals surface area contributed by atoms with Crippen molar-refractivity contribution in [2.45, 2.75) is 26.7 Å². The number of carbonyl (C=O) groups is 1. The molecule has 1 unspecified atom stereocenters. The van der Waals surface area contributed by atoms with E-state index < -0.39 is 0 Å². The first-order valence-corrected chi connectivity index (χ1v) is 6.37. The molecule has 18 heavy (non-hydrogen) atoms. The van der Waals surface area contributed by atoms with Gasteiger partial charge in [0, 0.05) is 12.1 Å². The van der Waals surface area contributed by atoms with E-state index in [4.69, 9.17) is 0 Å². The van der Waals surface area contributed by atoms with Gasteiger partial charge in [-0.05, 0) is 24.6 Å². The van der Waals surface area contributed by atoms with E-state index in [0.717, 1.165) is 18.5 Å². The fourth-order valence-corrected chi connectivity index (χ4v) is 2.00. The number of rotatable bonds is 5. The molecule has 1 atom stereocenters. The van der Waals surface area contributed by atoms with E-state index in [9.17, 15) is 4.79 Å². The SMILES string of the molecule is CCCC(C)C(=O)c1ccn(-c2ccccc2)n1. The van der Waals surface area contributed by atoms with Crippen molar-refractivity contribution >= 4 is 5.78 Å². The zero-order valence-corrected chi connectivity index (χ0v) is 10.8. The van der Waals surface area contributed by atoms with Crippen LogP contribution in [0.3, 0.4) is 0 Å². The predicted octanol–water partition coefficient (Wildman–Crippen LogP) is 3.49. The fraction of sp³-hybridized carbons (Fsp3) is 0.333. The van der Waals surface area contributed by atoms with Gasteiger partial charge in [-0.25, -0.2) is 4.68 Å². The van der Waals surface area contributed by atoms with Gasteiger partial charge in [-0.3, -0.25) is 4.79 Å². The number of hydrogen-bond donors (Lipinski definition) is 0. The van der Waals surface area contributed by atoms with Crippen LogP contribution in [0.25, 0.3) is 5.69 Å². The Bertz CT molecular complexity index is 516. The summed E-state index contributed by atoms with van der Waals surface area (Å²) in [6.07, 6.45) is 3.77. The first-order chi connectivity index (χ1) is 8.72. The summed E-state index contributed by atoms with van der Waals surface area (Å²) >= 11 is 0. The molecule has 3 nitrogen and oxygen atoms in total. The number of aromatic nitrogens is 2. The Morgan fingerprint density at radius 3 is 2.67 bits per heavy atom. The molecule has 0 bridgehead atoms. The maximum Gasteiger partial charge on any atom is 0.185 e. The van der Waals surface area contributed by atoms with Crippen molar-refractivity contribution in [2.75, 3.05) is 0 Å². The molecule has 3 heteroatoms. The van der Waals surface area contributed by atoms with Gasteiger partial charge in [-0.2, -0.15) is 5.10 Å². The van der Waals surface area contributed by atoms with Crippen LogP contribution in [-0.4, -0.2) is 15.6 Å². The number of carbonyl (C=O) groups excluding carboxylic acids is 1. The van der Waals surface area contributed by atoms with Crippen molar-refractivity contribution < 1.29 is 4.79 Å². The summed E-state index contributed by atoms with van der Waals surface area (Å²) in [5, 5.41) is 4.35. The second-order valence-corrected chi connectivity index (χ2v) is 4.54. The maximum atomic E-state index is 12.1. The minimum absolute atomic E-state index is 0.0501. The van der Waals surface area contributed by atoms with Crippen LogP contribution in [0.4, 0.5) is 0 Å². The number of benzene rings is 1. The molecular weight excluding hydrogens is 224 g/mol. The Balaban J connectivity index is 2.18. The normalized spacial score (nSPS) is 12.3. The molecule has 0 aliphatic carbocycles.